The number of amides is 1. The summed E-state index contributed by atoms with van der Waals surface area (Å²) >= 11 is 0. The van der Waals surface area contributed by atoms with Gasteiger partial charge in [0.1, 0.15) is 5.75 Å². The molecule has 5 heteroatoms. The number of ether oxygens (including phenoxy) is 2. The number of hydrogen-bond acceptors (Lipinski definition) is 4. The van der Waals surface area contributed by atoms with Crippen molar-refractivity contribution in [3.8, 4) is 5.75 Å². The second-order valence-electron chi connectivity index (χ2n) is 5.42. The molecule has 0 fully saturated rings. The van der Waals surface area contributed by atoms with Gasteiger partial charge in [0.05, 0.1) is 12.7 Å². The predicted octanol–water partition coefficient (Wildman–Crippen LogP) is 3.64. The van der Waals surface area contributed by atoms with Gasteiger partial charge in [-0.1, -0.05) is 36.4 Å². The summed E-state index contributed by atoms with van der Waals surface area (Å²) in [6.07, 6.45) is 0. The van der Waals surface area contributed by atoms with E-state index in [4.69, 9.17) is 4.74 Å². The Morgan fingerprint density at radius 1 is 0.920 bits per heavy atom. The molecule has 0 saturated carbocycles. The lowest BCUT2D eigenvalue weighted by Gasteiger charge is -2.09. The van der Waals surface area contributed by atoms with Crippen LogP contribution in [0, 0.1) is 0 Å². The van der Waals surface area contributed by atoms with E-state index >= 15 is 0 Å². The Balaban J connectivity index is 1.61. The molecule has 1 N–H and O–H groups in total. The van der Waals surface area contributed by atoms with Gasteiger partial charge in [-0.25, -0.2) is 4.79 Å². The van der Waals surface area contributed by atoms with Crippen LogP contribution in [0.4, 0.5) is 5.69 Å². The molecule has 0 atom stereocenters. The topological polar surface area (TPSA) is 64.6 Å². The summed E-state index contributed by atoms with van der Waals surface area (Å²) in [7, 11) is 1.31. The lowest BCUT2D eigenvalue weighted by molar-refractivity contribution is -0.118. The molecule has 0 unspecified atom stereocenters. The number of carbonyl (C=O) groups excluding carboxylic acids is 2. The molecular formula is C20H17NO4. The minimum Gasteiger partial charge on any atom is -0.484 e. The molecule has 0 aromatic heterocycles. The maximum atomic E-state index is 12.1. The Morgan fingerprint density at radius 2 is 1.72 bits per heavy atom. The number of benzene rings is 3. The van der Waals surface area contributed by atoms with Crippen molar-refractivity contribution in [3.63, 3.8) is 0 Å². The Bertz CT molecular complexity index is 920. The quantitative estimate of drug-likeness (QED) is 0.723. The van der Waals surface area contributed by atoms with Crippen LogP contribution < -0.4 is 10.1 Å². The highest BCUT2D eigenvalue weighted by Crippen LogP contribution is 2.19. The number of carbonyl (C=O) groups is 2. The van der Waals surface area contributed by atoms with Gasteiger partial charge in [0.15, 0.2) is 6.61 Å². The van der Waals surface area contributed by atoms with Crippen molar-refractivity contribution in [1.29, 1.82) is 0 Å². The van der Waals surface area contributed by atoms with Crippen LogP contribution in [0.15, 0.2) is 66.7 Å². The van der Waals surface area contributed by atoms with Crippen molar-refractivity contribution in [2.75, 3.05) is 19.0 Å². The highest BCUT2D eigenvalue weighted by molar-refractivity contribution is 5.95. The Hall–Kier alpha value is -3.34. The molecule has 0 aliphatic rings. The summed E-state index contributed by atoms with van der Waals surface area (Å²) in [5.74, 6) is -0.304. The average molecular weight is 335 g/mol. The van der Waals surface area contributed by atoms with Crippen molar-refractivity contribution >= 4 is 28.3 Å². The number of rotatable bonds is 5. The van der Waals surface area contributed by atoms with E-state index in [0.29, 0.717) is 17.0 Å². The summed E-state index contributed by atoms with van der Waals surface area (Å²) in [4.78, 5) is 23.6. The molecule has 126 valence electrons. The molecule has 0 aliphatic heterocycles. The molecule has 0 aliphatic carbocycles. The van der Waals surface area contributed by atoms with Gasteiger partial charge in [0.2, 0.25) is 0 Å². The molecule has 3 rings (SSSR count). The monoisotopic (exact) mass is 335 g/mol. The summed E-state index contributed by atoms with van der Waals surface area (Å²) in [6.45, 7) is -0.155. The Morgan fingerprint density at radius 3 is 2.52 bits per heavy atom. The molecular weight excluding hydrogens is 318 g/mol. The SMILES string of the molecule is COC(=O)c1cccc(OCC(=O)Nc2ccc3ccccc3c2)c1. The fourth-order valence-electron chi connectivity index (χ4n) is 2.44. The number of nitrogens with one attached hydrogen (secondary N) is 1. The van der Waals surface area contributed by atoms with E-state index in [1.54, 1.807) is 18.2 Å². The van der Waals surface area contributed by atoms with Crippen LogP contribution in [0.2, 0.25) is 0 Å². The van der Waals surface area contributed by atoms with Crippen LogP contribution in [0.1, 0.15) is 10.4 Å². The lowest BCUT2D eigenvalue weighted by atomic mass is 10.1. The molecule has 5 nitrogen and oxygen atoms in total. The van der Waals surface area contributed by atoms with E-state index in [-0.39, 0.29) is 12.5 Å². The summed E-state index contributed by atoms with van der Waals surface area (Å²) < 4.78 is 10.1. The Kier molecular flexibility index (Phi) is 4.95. The smallest absolute Gasteiger partial charge is 0.337 e. The number of fused-ring (bicyclic) bond motifs is 1. The summed E-state index contributed by atoms with van der Waals surface area (Å²) in [6, 6.07) is 20.1. The zero-order valence-electron chi connectivity index (χ0n) is 13.7. The van der Waals surface area contributed by atoms with Crippen LogP contribution in [0.25, 0.3) is 10.8 Å². The molecule has 0 radical (unpaired) electrons. The van der Waals surface area contributed by atoms with E-state index in [9.17, 15) is 9.59 Å². The molecule has 0 spiro atoms. The van der Waals surface area contributed by atoms with Crippen LogP contribution >= 0.6 is 0 Å². The molecule has 25 heavy (non-hydrogen) atoms. The van der Waals surface area contributed by atoms with Gasteiger partial charge in [-0.05, 0) is 41.1 Å². The van der Waals surface area contributed by atoms with Gasteiger partial charge in [0.25, 0.3) is 5.91 Å². The number of anilines is 1. The number of methoxy groups -OCH3 is 1. The minimum absolute atomic E-state index is 0.155. The van der Waals surface area contributed by atoms with Crippen molar-refractivity contribution < 1.29 is 19.1 Å². The van der Waals surface area contributed by atoms with Gasteiger partial charge in [0, 0.05) is 5.69 Å². The molecule has 3 aromatic carbocycles. The Labute approximate surface area is 145 Å². The maximum Gasteiger partial charge on any atom is 0.337 e. The summed E-state index contributed by atoms with van der Waals surface area (Å²) in [5.41, 5.74) is 1.07. The largest absolute Gasteiger partial charge is 0.484 e. The minimum atomic E-state index is -0.453. The van der Waals surface area contributed by atoms with Crippen LogP contribution in [0.5, 0.6) is 5.75 Å². The lowest BCUT2D eigenvalue weighted by Crippen LogP contribution is -2.20. The first-order valence-electron chi connectivity index (χ1n) is 7.75. The second kappa shape index (κ2) is 7.49. The van der Waals surface area contributed by atoms with Gasteiger partial charge in [-0.3, -0.25) is 4.79 Å². The first-order chi connectivity index (χ1) is 12.2. The first kappa shape index (κ1) is 16.5. The van der Waals surface area contributed by atoms with E-state index in [2.05, 4.69) is 10.1 Å². The third-order valence-electron chi connectivity index (χ3n) is 3.66. The van der Waals surface area contributed by atoms with Crippen LogP contribution in [0.3, 0.4) is 0 Å². The van der Waals surface area contributed by atoms with Crippen molar-refractivity contribution in [3.05, 3.63) is 72.3 Å². The number of esters is 1. The maximum absolute atomic E-state index is 12.1. The zero-order chi connectivity index (χ0) is 17.6. The molecule has 0 bridgehead atoms. The van der Waals surface area contributed by atoms with Gasteiger partial charge < -0.3 is 14.8 Å². The van der Waals surface area contributed by atoms with E-state index in [1.165, 1.54) is 13.2 Å². The third kappa shape index (κ3) is 4.14. The van der Waals surface area contributed by atoms with Crippen LogP contribution in [-0.2, 0) is 9.53 Å². The second-order valence-corrected chi connectivity index (χ2v) is 5.42. The van der Waals surface area contributed by atoms with Gasteiger partial charge in [-0.15, -0.1) is 0 Å². The van der Waals surface area contributed by atoms with Gasteiger partial charge >= 0.3 is 5.97 Å². The predicted molar refractivity (Wildman–Crippen MR) is 95.9 cm³/mol. The molecule has 3 aromatic rings. The average Bonchev–Trinajstić information content (AvgIpc) is 2.66. The molecule has 1 amide bonds. The number of hydrogen-bond donors (Lipinski definition) is 1. The highest BCUT2D eigenvalue weighted by Gasteiger charge is 2.08. The summed E-state index contributed by atoms with van der Waals surface area (Å²) in [5, 5.41) is 4.95. The zero-order valence-corrected chi connectivity index (χ0v) is 13.7. The molecule has 0 heterocycles. The van der Waals surface area contributed by atoms with Crippen molar-refractivity contribution in [2.45, 2.75) is 0 Å². The van der Waals surface area contributed by atoms with Crippen LogP contribution in [-0.4, -0.2) is 25.6 Å². The van der Waals surface area contributed by atoms with Crippen molar-refractivity contribution in [1.82, 2.24) is 0 Å². The molecule has 0 saturated heterocycles. The van der Waals surface area contributed by atoms with Gasteiger partial charge in [-0.2, -0.15) is 0 Å². The van der Waals surface area contributed by atoms with E-state index in [0.717, 1.165) is 10.8 Å². The highest BCUT2D eigenvalue weighted by atomic mass is 16.5. The third-order valence-corrected chi connectivity index (χ3v) is 3.66. The fraction of sp³-hybridized carbons (Fsp3) is 0.100. The first-order valence-corrected chi connectivity index (χ1v) is 7.75. The van der Waals surface area contributed by atoms with E-state index in [1.807, 2.05) is 42.5 Å². The fourth-order valence-corrected chi connectivity index (χ4v) is 2.44. The van der Waals surface area contributed by atoms with Crippen molar-refractivity contribution in [2.24, 2.45) is 0 Å². The van der Waals surface area contributed by atoms with E-state index < -0.39 is 5.97 Å². The normalized spacial score (nSPS) is 10.3. The standard InChI is InChI=1S/C20H17NO4/c1-24-20(23)16-7-4-8-18(12-16)25-13-19(22)21-17-10-9-14-5-2-3-6-15(14)11-17/h2-12H,13H2,1H3,(H,21,22).